The molecule has 2 fully saturated rings. The molecule has 1 atom stereocenters. The highest BCUT2D eigenvalue weighted by molar-refractivity contribution is 5.82. The fourth-order valence-electron chi connectivity index (χ4n) is 3.97. The molecule has 2 aromatic rings. The Morgan fingerprint density at radius 2 is 2.04 bits per heavy atom. The van der Waals surface area contributed by atoms with Gasteiger partial charge in [0.25, 0.3) is 0 Å². The lowest BCUT2D eigenvalue weighted by Crippen LogP contribution is -2.28. The van der Waals surface area contributed by atoms with Crippen LogP contribution in [-0.2, 0) is 11.2 Å². The molecule has 130 valence electrons. The third-order valence-electron chi connectivity index (χ3n) is 5.50. The first-order chi connectivity index (χ1) is 11.8. The Morgan fingerprint density at radius 3 is 2.83 bits per heavy atom. The molecule has 0 spiro atoms. The number of hydrogen-bond donors (Lipinski definition) is 1. The van der Waals surface area contributed by atoms with Gasteiger partial charge >= 0.3 is 0 Å². The minimum absolute atomic E-state index is 0.527. The summed E-state index contributed by atoms with van der Waals surface area (Å²) < 4.78 is 11.5. The van der Waals surface area contributed by atoms with E-state index in [1.807, 2.05) is 0 Å². The van der Waals surface area contributed by atoms with Gasteiger partial charge in [0, 0.05) is 49.3 Å². The number of furan rings is 1. The summed E-state index contributed by atoms with van der Waals surface area (Å²) in [6.07, 6.45) is 5.84. The zero-order valence-corrected chi connectivity index (χ0v) is 14.6. The Bertz CT molecular complexity index is 675. The topological polar surface area (TPSA) is 37.6 Å². The molecule has 0 unspecified atom stereocenters. The number of fused-ring (bicyclic) bond motifs is 1. The van der Waals surface area contributed by atoms with E-state index >= 15 is 0 Å². The van der Waals surface area contributed by atoms with E-state index in [0.717, 1.165) is 56.4 Å². The fourth-order valence-corrected chi connectivity index (χ4v) is 3.97. The number of rotatable bonds is 5. The van der Waals surface area contributed by atoms with Crippen LogP contribution in [-0.4, -0.2) is 43.3 Å². The SMILES string of the molecule is C[C@@H]1CCCN1CCc1cc2cc(NC3CCOCC3)ccc2o1. The zero-order valence-electron chi connectivity index (χ0n) is 14.6. The van der Waals surface area contributed by atoms with Gasteiger partial charge in [-0.2, -0.15) is 0 Å². The van der Waals surface area contributed by atoms with E-state index in [1.165, 1.54) is 30.5 Å². The normalized spacial score (nSPS) is 23.1. The van der Waals surface area contributed by atoms with Crippen LogP contribution in [0.3, 0.4) is 0 Å². The highest BCUT2D eigenvalue weighted by Gasteiger charge is 2.20. The maximum absolute atomic E-state index is 6.03. The van der Waals surface area contributed by atoms with Gasteiger partial charge in [-0.1, -0.05) is 0 Å². The van der Waals surface area contributed by atoms with E-state index in [1.54, 1.807) is 0 Å². The van der Waals surface area contributed by atoms with Gasteiger partial charge in [0.15, 0.2) is 0 Å². The van der Waals surface area contributed by atoms with Gasteiger partial charge in [-0.05, 0) is 63.4 Å². The molecular weight excluding hydrogens is 300 g/mol. The van der Waals surface area contributed by atoms with Gasteiger partial charge in [0.2, 0.25) is 0 Å². The molecule has 1 aromatic carbocycles. The van der Waals surface area contributed by atoms with Crippen molar-refractivity contribution < 1.29 is 9.15 Å². The molecule has 2 aliphatic heterocycles. The molecule has 1 N–H and O–H groups in total. The van der Waals surface area contributed by atoms with Gasteiger partial charge in [-0.25, -0.2) is 0 Å². The van der Waals surface area contributed by atoms with E-state index < -0.39 is 0 Å². The molecule has 0 saturated carbocycles. The predicted octanol–water partition coefficient (Wildman–Crippen LogP) is 4.05. The number of anilines is 1. The molecule has 2 aliphatic rings. The molecule has 1 aromatic heterocycles. The summed E-state index contributed by atoms with van der Waals surface area (Å²) in [7, 11) is 0. The van der Waals surface area contributed by atoms with Gasteiger partial charge in [0.05, 0.1) is 0 Å². The second-order valence-corrected chi connectivity index (χ2v) is 7.27. The Labute approximate surface area is 144 Å². The van der Waals surface area contributed by atoms with Gasteiger partial charge in [0.1, 0.15) is 11.3 Å². The number of likely N-dealkylation sites (tertiary alicyclic amines) is 1. The summed E-state index contributed by atoms with van der Waals surface area (Å²) in [5.41, 5.74) is 2.19. The Hall–Kier alpha value is -1.52. The summed E-state index contributed by atoms with van der Waals surface area (Å²) in [5, 5.41) is 4.84. The average Bonchev–Trinajstić information content (AvgIpc) is 3.19. The first-order valence-corrected chi connectivity index (χ1v) is 9.39. The summed E-state index contributed by atoms with van der Waals surface area (Å²) in [6.45, 7) is 6.41. The van der Waals surface area contributed by atoms with Crippen molar-refractivity contribution in [3.63, 3.8) is 0 Å². The van der Waals surface area contributed by atoms with Crippen LogP contribution in [0.25, 0.3) is 11.0 Å². The van der Waals surface area contributed by atoms with Crippen molar-refractivity contribution in [1.29, 1.82) is 0 Å². The standard InChI is InChI=1S/C20H28N2O2/c1-15-3-2-9-22(15)10-6-19-14-16-13-18(4-5-20(16)24-19)21-17-7-11-23-12-8-17/h4-5,13-15,17,21H,2-3,6-12H2,1H3/t15-/m1/s1. The molecule has 4 heteroatoms. The van der Waals surface area contributed by atoms with Crippen LogP contribution in [0.1, 0.15) is 38.4 Å². The summed E-state index contributed by atoms with van der Waals surface area (Å²) in [6, 6.07) is 9.91. The van der Waals surface area contributed by atoms with Crippen molar-refractivity contribution in [1.82, 2.24) is 4.90 Å². The number of nitrogens with zero attached hydrogens (tertiary/aromatic N) is 1. The molecule has 0 amide bonds. The minimum atomic E-state index is 0.527. The third-order valence-corrected chi connectivity index (χ3v) is 5.50. The largest absolute Gasteiger partial charge is 0.461 e. The van der Waals surface area contributed by atoms with Crippen LogP contribution in [0.5, 0.6) is 0 Å². The van der Waals surface area contributed by atoms with Crippen molar-refractivity contribution in [2.24, 2.45) is 0 Å². The first-order valence-electron chi connectivity index (χ1n) is 9.39. The molecule has 24 heavy (non-hydrogen) atoms. The van der Waals surface area contributed by atoms with Gasteiger partial charge < -0.3 is 19.4 Å². The first kappa shape index (κ1) is 16.0. The minimum Gasteiger partial charge on any atom is -0.461 e. The molecular formula is C20H28N2O2. The van der Waals surface area contributed by atoms with Crippen molar-refractivity contribution >= 4 is 16.7 Å². The van der Waals surface area contributed by atoms with E-state index in [9.17, 15) is 0 Å². The van der Waals surface area contributed by atoms with Crippen LogP contribution >= 0.6 is 0 Å². The number of hydrogen-bond acceptors (Lipinski definition) is 4. The van der Waals surface area contributed by atoms with Gasteiger partial charge in [-0.3, -0.25) is 0 Å². The van der Waals surface area contributed by atoms with E-state index in [-0.39, 0.29) is 0 Å². The van der Waals surface area contributed by atoms with E-state index in [4.69, 9.17) is 9.15 Å². The summed E-state index contributed by atoms with van der Waals surface area (Å²) in [4.78, 5) is 2.57. The number of ether oxygens (including phenoxy) is 1. The molecule has 2 saturated heterocycles. The highest BCUT2D eigenvalue weighted by atomic mass is 16.5. The lowest BCUT2D eigenvalue weighted by atomic mass is 10.1. The molecule has 4 nitrogen and oxygen atoms in total. The summed E-state index contributed by atoms with van der Waals surface area (Å²) in [5.74, 6) is 1.10. The highest BCUT2D eigenvalue weighted by Crippen LogP contribution is 2.25. The van der Waals surface area contributed by atoms with E-state index in [0.29, 0.717) is 6.04 Å². The molecule has 0 bridgehead atoms. The fraction of sp³-hybridized carbons (Fsp3) is 0.600. The third kappa shape index (κ3) is 3.60. The second kappa shape index (κ2) is 7.16. The lowest BCUT2D eigenvalue weighted by Gasteiger charge is -2.24. The van der Waals surface area contributed by atoms with Crippen LogP contribution in [0.2, 0.25) is 0 Å². The average molecular weight is 328 g/mol. The van der Waals surface area contributed by atoms with Crippen molar-refractivity contribution in [2.75, 3.05) is 31.6 Å². The molecule has 0 aliphatic carbocycles. The Balaban J connectivity index is 1.40. The second-order valence-electron chi connectivity index (χ2n) is 7.27. The molecule has 4 rings (SSSR count). The van der Waals surface area contributed by atoms with Crippen LogP contribution in [0.4, 0.5) is 5.69 Å². The van der Waals surface area contributed by atoms with Crippen LogP contribution in [0.15, 0.2) is 28.7 Å². The Kier molecular flexibility index (Phi) is 4.76. The molecule has 0 radical (unpaired) electrons. The van der Waals surface area contributed by atoms with Crippen molar-refractivity contribution in [3.8, 4) is 0 Å². The van der Waals surface area contributed by atoms with Crippen LogP contribution in [0, 0.1) is 0 Å². The summed E-state index contributed by atoms with van der Waals surface area (Å²) >= 11 is 0. The monoisotopic (exact) mass is 328 g/mol. The van der Waals surface area contributed by atoms with Crippen LogP contribution < -0.4 is 5.32 Å². The predicted molar refractivity (Wildman–Crippen MR) is 97.7 cm³/mol. The van der Waals surface area contributed by atoms with Crippen molar-refractivity contribution in [3.05, 3.63) is 30.0 Å². The van der Waals surface area contributed by atoms with Gasteiger partial charge in [-0.15, -0.1) is 0 Å². The van der Waals surface area contributed by atoms with E-state index in [2.05, 4.69) is 41.4 Å². The number of nitrogens with one attached hydrogen (secondary N) is 1. The smallest absolute Gasteiger partial charge is 0.134 e. The van der Waals surface area contributed by atoms with Crippen molar-refractivity contribution in [2.45, 2.75) is 51.1 Å². The lowest BCUT2D eigenvalue weighted by molar-refractivity contribution is 0.0904. The maximum atomic E-state index is 6.03. The maximum Gasteiger partial charge on any atom is 0.134 e. The Morgan fingerprint density at radius 1 is 1.17 bits per heavy atom. The zero-order chi connectivity index (χ0) is 16.4. The quantitative estimate of drug-likeness (QED) is 0.898. The number of benzene rings is 1. The molecule has 3 heterocycles.